The zero-order chi connectivity index (χ0) is 28.6. The lowest BCUT2D eigenvalue weighted by atomic mass is 10.0. The number of methoxy groups -OCH3 is 2. The van der Waals surface area contributed by atoms with Crippen molar-refractivity contribution in [2.75, 3.05) is 14.2 Å². The molecule has 1 heterocycles. The van der Waals surface area contributed by atoms with Crippen LogP contribution >= 0.6 is 0 Å². The van der Waals surface area contributed by atoms with E-state index in [1.165, 1.54) is 18.9 Å². The van der Waals surface area contributed by atoms with Gasteiger partial charge in [-0.05, 0) is 41.5 Å². The van der Waals surface area contributed by atoms with Crippen LogP contribution < -0.4 is 9.47 Å². The van der Waals surface area contributed by atoms with Crippen molar-refractivity contribution in [1.29, 1.82) is 0 Å². The molecule has 0 aliphatic carbocycles. The van der Waals surface area contributed by atoms with E-state index in [9.17, 15) is 9.59 Å². The topological polar surface area (TPSA) is 88.9 Å². The maximum Gasteiger partial charge on any atom is 0.357 e. The van der Waals surface area contributed by atoms with Gasteiger partial charge in [-0.15, -0.1) is 0 Å². The number of benzene rings is 4. The van der Waals surface area contributed by atoms with E-state index in [0.29, 0.717) is 29.4 Å². The maximum atomic E-state index is 13.2. The summed E-state index contributed by atoms with van der Waals surface area (Å²) < 4.78 is 23.9. The smallest absolute Gasteiger partial charge is 0.357 e. The third-order valence-electron chi connectivity index (χ3n) is 6.35. The monoisotopic (exact) mass is 548 g/mol. The van der Waals surface area contributed by atoms with Crippen molar-refractivity contribution in [3.8, 4) is 28.4 Å². The summed E-state index contributed by atoms with van der Waals surface area (Å²) in [5, 5.41) is 4.74. The van der Waals surface area contributed by atoms with E-state index in [1.807, 2.05) is 78.9 Å². The normalized spacial score (nSPS) is 10.6. The van der Waals surface area contributed by atoms with Gasteiger partial charge in [-0.3, -0.25) is 0 Å². The molecular weight excluding hydrogens is 520 g/mol. The highest BCUT2D eigenvalue weighted by Crippen LogP contribution is 2.38. The number of para-hydroxylation sites is 1. The first kappa shape index (κ1) is 27.2. The van der Waals surface area contributed by atoms with E-state index in [1.54, 1.807) is 30.3 Å². The Hall–Kier alpha value is -5.37. The average Bonchev–Trinajstić information content (AvgIpc) is 3.44. The summed E-state index contributed by atoms with van der Waals surface area (Å²) in [6.45, 7) is 0.606. The Balaban J connectivity index is 1.66. The first-order valence-corrected chi connectivity index (χ1v) is 12.9. The van der Waals surface area contributed by atoms with Crippen LogP contribution in [-0.2, 0) is 22.7 Å². The van der Waals surface area contributed by atoms with Crippen LogP contribution in [0.3, 0.4) is 0 Å². The molecule has 0 atom stereocenters. The second-order valence-corrected chi connectivity index (χ2v) is 9.01. The number of ether oxygens (including phenoxy) is 4. The third-order valence-corrected chi connectivity index (χ3v) is 6.35. The van der Waals surface area contributed by atoms with Gasteiger partial charge in [-0.2, -0.15) is 5.10 Å². The third kappa shape index (κ3) is 6.12. The summed E-state index contributed by atoms with van der Waals surface area (Å²) in [7, 11) is 2.50. The van der Waals surface area contributed by atoms with Crippen LogP contribution in [0.25, 0.3) is 16.9 Å². The summed E-state index contributed by atoms with van der Waals surface area (Å²) in [6, 6.07) is 33.8. The van der Waals surface area contributed by atoms with Gasteiger partial charge in [0.1, 0.15) is 36.0 Å². The quantitative estimate of drug-likeness (QED) is 0.190. The fraction of sp³-hybridized carbons (Fsp3) is 0.121. The zero-order valence-electron chi connectivity index (χ0n) is 22.7. The molecule has 0 spiro atoms. The van der Waals surface area contributed by atoms with Crippen molar-refractivity contribution >= 4 is 11.9 Å². The summed E-state index contributed by atoms with van der Waals surface area (Å²) in [4.78, 5) is 26.3. The van der Waals surface area contributed by atoms with E-state index in [4.69, 9.17) is 24.0 Å². The van der Waals surface area contributed by atoms with Crippen molar-refractivity contribution in [1.82, 2.24) is 9.78 Å². The van der Waals surface area contributed by atoms with Crippen LogP contribution in [-0.4, -0.2) is 35.9 Å². The number of aromatic nitrogens is 2. The second kappa shape index (κ2) is 12.7. The minimum absolute atomic E-state index is 0.0482. The van der Waals surface area contributed by atoms with Crippen molar-refractivity contribution in [3.05, 3.63) is 132 Å². The lowest BCUT2D eigenvalue weighted by Gasteiger charge is -2.14. The van der Waals surface area contributed by atoms with Crippen LogP contribution in [0.5, 0.6) is 11.5 Å². The van der Waals surface area contributed by atoms with Crippen LogP contribution in [0.15, 0.2) is 109 Å². The van der Waals surface area contributed by atoms with E-state index in [0.717, 1.165) is 11.1 Å². The molecule has 206 valence electrons. The van der Waals surface area contributed by atoms with Gasteiger partial charge in [0.25, 0.3) is 0 Å². The molecule has 0 saturated carbocycles. The first-order valence-electron chi connectivity index (χ1n) is 12.9. The molecule has 5 aromatic rings. The molecular formula is C33H28N2O6. The van der Waals surface area contributed by atoms with Gasteiger partial charge in [0.05, 0.1) is 19.9 Å². The molecule has 0 saturated heterocycles. The SMILES string of the molecule is COC(=O)c1c(-c2cc(OCc3ccccc3)ccc2OCc2ccccc2)nn(-c2ccccc2)c1C(=O)OC. The molecule has 5 rings (SSSR count). The predicted molar refractivity (Wildman–Crippen MR) is 153 cm³/mol. The zero-order valence-corrected chi connectivity index (χ0v) is 22.7. The molecule has 0 fully saturated rings. The van der Waals surface area contributed by atoms with Crippen LogP contribution in [0.1, 0.15) is 32.0 Å². The number of carbonyl (C=O) groups excluding carboxylic acids is 2. The summed E-state index contributed by atoms with van der Waals surface area (Å²) in [5.74, 6) is -0.510. The minimum atomic E-state index is -0.743. The van der Waals surface area contributed by atoms with Crippen LogP contribution in [0.4, 0.5) is 0 Å². The highest BCUT2D eigenvalue weighted by Gasteiger charge is 2.32. The van der Waals surface area contributed by atoms with Gasteiger partial charge >= 0.3 is 11.9 Å². The number of hydrogen-bond acceptors (Lipinski definition) is 7. The number of hydrogen-bond donors (Lipinski definition) is 0. The Morgan fingerprint density at radius 3 is 1.83 bits per heavy atom. The Morgan fingerprint density at radius 1 is 0.683 bits per heavy atom. The molecule has 0 unspecified atom stereocenters. The Bertz CT molecular complexity index is 1630. The van der Waals surface area contributed by atoms with E-state index in [-0.39, 0.29) is 23.6 Å². The maximum absolute atomic E-state index is 13.2. The highest BCUT2D eigenvalue weighted by atomic mass is 16.5. The van der Waals surface area contributed by atoms with Gasteiger partial charge in [0, 0.05) is 5.56 Å². The standard InChI is InChI=1S/C33H28N2O6/c1-38-32(36)29-30(34-35(31(29)33(37)39-2)25-16-10-5-11-17-25)27-20-26(40-21-23-12-6-3-7-13-23)18-19-28(27)41-22-24-14-8-4-9-15-24/h3-20H,21-22H2,1-2H3. The Labute approximate surface area is 237 Å². The summed E-state index contributed by atoms with van der Waals surface area (Å²) >= 11 is 0. The van der Waals surface area contributed by atoms with E-state index < -0.39 is 11.9 Å². The largest absolute Gasteiger partial charge is 0.489 e. The highest BCUT2D eigenvalue weighted by molar-refractivity contribution is 6.07. The molecule has 0 radical (unpaired) electrons. The molecule has 0 amide bonds. The lowest BCUT2D eigenvalue weighted by molar-refractivity contribution is 0.0549. The van der Waals surface area contributed by atoms with Crippen molar-refractivity contribution in [3.63, 3.8) is 0 Å². The molecule has 8 nitrogen and oxygen atoms in total. The molecule has 8 heteroatoms. The number of nitrogens with zero attached hydrogens (tertiary/aromatic N) is 2. The molecule has 0 N–H and O–H groups in total. The number of rotatable bonds is 10. The van der Waals surface area contributed by atoms with Gasteiger partial charge in [-0.1, -0.05) is 78.9 Å². The fourth-order valence-corrected chi connectivity index (χ4v) is 4.33. The van der Waals surface area contributed by atoms with E-state index in [2.05, 4.69) is 0 Å². The molecule has 0 aliphatic heterocycles. The number of esters is 2. The van der Waals surface area contributed by atoms with Gasteiger partial charge in [-0.25, -0.2) is 14.3 Å². The Kier molecular flexibility index (Phi) is 8.40. The molecule has 1 aromatic heterocycles. The van der Waals surface area contributed by atoms with Crippen molar-refractivity contribution < 1.29 is 28.5 Å². The molecule has 4 aromatic carbocycles. The lowest BCUT2D eigenvalue weighted by Crippen LogP contribution is -2.15. The van der Waals surface area contributed by atoms with Crippen LogP contribution in [0.2, 0.25) is 0 Å². The summed E-state index contributed by atoms with van der Waals surface area (Å²) in [6.07, 6.45) is 0. The molecule has 41 heavy (non-hydrogen) atoms. The van der Waals surface area contributed by atoms with E-state index >= 15 is 0 Å². The van der Waals surface area contributed by atoms with Gasteiger partial charge in [0.2, 0.25) is 0 Å². The average molecular weight is 549 g/mol. The predicted octanol–water partition coefficient (Wildman–Crippen LogP) is 6.27. The van der Waals surface area contributed by atoms with Crippen molar-refractivity contribution in [2.24, 2.45) is 0 Å². The fourth-order valence-electron chi connectivity index (χ4n) is 4.33. The second-order valence-electron chi connectivity index (χ2n) is 9.01. The minimum Gasteiger partial charge on any atom is -0.489 e. The van der Waals surface area contributed by atoms with Gasteiger partial charge in [0.15, 0.2) is 5.69 Å². The van der Waals surface area contributed by atoms with Gasteiger partial charge < -0.3 is 18.9 Å². The Morgan fingerprint density at radius 2 is 1.24 bits per heavy atom. The van der Waals surface area contributed by atoms with Crippen LogP contribution in [0, 0.1) is 0 Å². The molecule has 0 aliphatic rings. The number of carbonyl (C=O) groups is 2. The first-order chi connectivity index (χ1) is 20.1. The molecule has 0 bridgehead atoms. The summed E-state index contributed by atoms with van der Waals surface area (Å²) in [5.41, 5.74) is 3.04. The van der Waals surface area contributed by atoms with Crippen molar-refractivity contribution in [2.45, 2.75) is 13.2 Å².